The van der Waals surface area contributed by atoms with Gasteiger partial charge in [0.2, 0.25) is 5.89 Å². The first-order chi connectivity index (χ1) is 10.7. The average molecular weight is 381 g/mol. The third-order valence-corrected chi connectivity index (χ3v) is 4.28. The zero-order valence-corrected chi connectivity index (χ0v) is 15.4. The van der Waals surface area contributed by atoms with Crippen molar-refractivity contribution in [3.05, 3.63) is 28.6 Å². The zero-order valence-electron chi connectivity index (χ0n) is 13.8. The van der Waals surface area contributed by atoms with Gasteiger partial charge in [-0.25, -0.2) is 9.78 Å². The summed E-state index contributed by atoms with van der Waals surface area (Å²) in [7, 11) is 0. The normalized spacial score (nSPS) is 21.9. The van der Waals surface area contributed by atoms with Crippen molar-refractivity contribution in [2.75, 3.05) is 6.54 Å². The Labute approximate surface area is 144 Å². The van der Waals surface area contributed by atoms with Gasteiger partial charge in [-0.05, 0) is 51.3 Å². The number of fused-ring (bicyclic) bond motifs is 1. The molecule has 0 bridgehead atoms. The number of amides is 1. The lowest BCUT2D eigenvalue weighted by molar-refractivity contribution is 0.0201. The van der Waals surface area contributed by atoms with Crippen molar-refractivity contribution in [1.29, 1.82) is 0 Å². The molecule has 5 nitrogen and oxygen atoms in total. The van der Waals surface area contributed by atoms with Crippen molar-refractivity contribution in [1.82, 2.24) is 9.88 Å². The molecule has 0 saturated carbocycles. The summed E-state index contributed by atoms with van der Waals surface area (Å²) >= 11 is 3.43. The largest absolute Gasteiger partial charge is 0.444 e. The third kappa shape index (κ3) is 3.52. The Balaban J connectivity index is 1.90. The third-order valence-electron chi connectivity index (χ3n) is 3.79. The van der Waals surface area contributed by atoms with Gasteiger partial charge in [-0.15, -0.1) is 0 Å². The lowest BCUT2D eigenvalue weighted by Crippen LogP contribution is -2.36. The standard InChI is InChI=1S/C17H21BrN2O3/c1-10-7-13(20(9-10)16(21)23-17(2,3)4)15-19-12-6-5-11(18)8-14(12)22-15/h5-6,8,10,13H,7,9H2,1-4H3. The quantitative estimate of drug-likeness (QED) is 0.705. The number of aromatic nitrogens is 1. The number of carbonyl (C=O) groups excluding carboxylic acids is 1. The smallest absolute Gasteiger partial charge is 0.410 e. The second-order valence-corrected chi connectivity index (χ2v) is 8.07. The number of hydrogen-bond donors (Lipinski definition) is 0. The van der Waals surface area contributed by atoms with Crippen molar-refractivity contribution in [2.45, 2.75) is 45.8 Å². The van der Waals surface area contributed by atoms with Crippen molar-refractivity contribution >= 4 is 33.1 Å². The van der Waals surface area contributed by atoms with E-state index in [0.717, 1.165) is 22.0 Å². The fourth-order valence-corrected chi connectivity index (χ4v) is 3.20. The van der Waals surface area contributed by atoms with Crippen molar-refractivity contribution in [3.63, 3.8) is 0 Å². The van der Waals surface area contributed by atoms with Crippen LogP contribution in [0.25, 0.3) is 11.1 Å². The molecule has 1 aromatic carbocycles. The second-order valence-electron chi connectivity index (χ2n) is 7.15. The summed E-state index contributed by atoms with van der Waals surface area (Å²) in [6.45, 7) is 8.39. The maximum absolute atomic E-state index is 12.5. The van der Waals surface area contributed by atoms with E-state index >= 15 is 0 Å². The zero-order chi connectivity index (χ0) is 16.8. The summed E-state index contributed by atoms with van der Waals surface area (Å²) < 4.78 is 12.4. The molecule has 1 saturated heterocycles. The van der Waals surface area contributed by atoms with E-state index in [0.29, 0.717) is 18.4 Å². The average Bonchev–Trinajstić information content (AvgIpc) is 2.99. The van der Waals surface area contributed by atoms with Gasteiger partial charge in [0.25, 0.3) is 0 Å². The van der Waals surface area contributed by atoms with Crippen molar-refractivity contribution < 1.29 is 13.9 Å². The fraction of sp³-hybridized carbons (Fsp3) is 0.529. The van der Waals surface area contributed by atoms with E-state index < -0.39 is 5.60 Å². The Morgan fingerprint density at radius 2 is 2.17 bits per heavy atom. The predicted octanol–water partition coefficient (Wildman–Crippen LogP) is 4.91. The van der Waals surface area contributed by atoms with Crippen LogP contribution in [-0.4, -0.2) is 28.1 Å². The molecule has 0 N–H and O–H groups in total. The number of rotatable bonds is 1. The van der Waals surface area contributed by atoms with E-state index in [1.165, 1.54) is 0 Å². The van der Waals surface area contributed by atoms with Gasteiger partial charge in [-0.2, -0.15) is 0 Å². The number of oxazole rings is 1. The van der Waals surface area contributed by atoms with E-state index in [-0.39, 0.29) is 12.1 Å². The summed E-state index contributed by atoms with van der Waals surface area (Å²) in [5, 5.41) is 0. The number of likely N-dealkylation sites (tertiary alicyclic amines) is 1. The first-order valence-electron chi connectivity index (χ1n) is 7.78. The highest BCUT2D eigenvalue weighted by atomic mass is 79.9. The summed E-state index contributed by atoms with van der Waals surface area (Å²) in [5.41, 5.74) is 1.00. The first-order valence-corrected chi connectivity index (χ1v) is 8.58. The summed E-state index contributed by atoms with van der Waals surface area (Å²) in [6, 6.07) is 5.55. The topological polar surface area (TPSA) is 55.6 Å². The van der Waals surface area contributed by atoms with Gasteiger partial charge in [0, 0.05) is 11.0 Å². The number of ether oxygens (including phenoxy) is 1. The Hall–Kier alpha value is -1.56. The monoisotopic (exact) mass is 380 g/mol. The highest BCUT2D eigenvalue weighted by Gasteiger charge is 2.39. The lowest BCUT2D eigenvalue weighted by atomic mass is 10.1. The molecule has 1 fully saturated rings. The van der Waals surface area contributed by atoms with Gasteiger partial charge in [0.1, 0.15) is 17.2 Å². The summed E-state index contributed by atoms with van der Waals surface area (Å²) in [5.74, 6) is 0.961. The number of hydrogen-bond acceptors (Lipinski definition) is 4. The minimum Gasteiger partial charge on any atom is -0.444 e. The van der Waals surface area contributed by atoms with Gasteiger partial charge in [0.05, 0.1) is 0 Å². The molecule has 2 heterocycles. The summed E-state index contributed by atoms with van der Waals surface area (Å²) in [6.07, 6.45) is 0.517. The van der Waals surface area contributed by atoms with E-state index in [1.54, 1.807) is 4.90 Å². The van der Waals surface area contributed by atoms with Crippen LogP contribution in [0, 0.1) is 5.92 Å². The van der Waals surface area contributed by atoms with Crippen LogP contribution in [0.1, 0.15) is 46.0 Å². The highest BCUT2D eigenvalue weighted by molar-refractivity contribution is 9.10. The molecule has 6 heteroatoms. The van der Waals surface area contributed by atoms with Gasteiger partial charge < -0.3 is 9.15 Å². The molecule has 2 unspecified atom stereocenters. The molecule has 1 aromatic heterocycles. The molecule has 23 heavy (non-hydrogen) atoms. The number of halogens is 1. The number of carbonyl (C=O) groups is 1. The molecular formula is C17H21BrN2O3. The molecule has 0 spiro atoms. The summed E-state index contributed by atoms with van der Waals surface area (Å²) in [4.78, 5) is 18.8. The molecular weight excluding hydrogens is 360 g/mol. The molecule has 0 radical (unpaired) electrons. The first kappa shape index (κ1) is 16.3. The maximum atomic E-state index is 12.5. The van der Waals surface area contributed by atoms with Crippen LogP contribution in [0.2, 0.25) is 0 Å². The number of benzene rings is 1. The predicted molar refractivity (Wildman–Crippen MR) is 91.2 cm³/mol. The van der Waals surface area contributed by atoms with Gasteiger partial charge >= 0.3 is 6.09 Å². The van der Waals surface area contributed by atoms with Gasteiger partial charge in [-0.1, -0.05) is 22.9 Å². The Bertz CT molecular complexity index is 735. The van der Waals surface area contributed by atoms with Crippen LogP contribution < -0.4 is 0 Å². The van der Waals surface area contributed by atoms with Crippen molar-refractivity contribution in [2.24, 2.45) is 5.92 Å². The number of nitrogens with zero attached hydrogens (tertiary/aromatic N) is 2. The van der Waals surface area contributed by atoms with Gasteiger partial charge in [-0.3, -0.25) is 4.90 Å². The van der Waals surface area contributed by atoms with E-state index in [4.69, 9.17) is 9.15 Å². The minimum atomic E-state index is -0.514. The molecule has 0 aliphatic carbocycles. The molecule has 1 aliphatic heterocycles. The Kier molecular flexibility index (Phi) is 4.12. The van der Waals surface area contributed by atoms with E-state index in [1.807, 2.05) is 39.0 Å². The SMILES string of the molecule is CC1CC(c2nc3ccc(Br)cc3o2)N(C(=O)OC(C)(C)C)C1. The minimum absolute atomic E-state index is 0.175. The fourth-order valence-electron chi connectivity index (χ4n) is 2.86. The molecule has 1 amide bonds. The maximum Gasteiger partial charge on any atom is 0.410 e. The van der Waals surface area contributed by atoms with Crippen LogP contribution in [0.5, 0.6) is 0 Å². The molecule has 1 aliphatic rings. The highest BCUT2D eigenvalue weighted by Crippen LogP contribution is 2.37. The second kappa shape index (κ2) is 5.82. The van der Waals surface area contributed by atoms with E-state index in [2.05, 4.69) is 27.8 Å². The van der Waals surface area contributed by atoms with Gasteiger partial charge in [0.15, 0.2) is 5.58 Å². The van der Waals surface area contributed by atoms with Crippen LogP contribution in [0.3, 0.4) is 0 Å². The van der Waals surface area contributed by atoms with Crippen LogP contribution in [0.4, 0.5) is 4.79 Å². The Morgan fingerprint density at radius 1 is 1.43 bits per heavy atom. The molecule has 2 aromatic rings. The van der Waals surface area contributed by atoms with Crippen LogP contribution >= 0.6 is 15.9 Å². The van der Waals surface area contributed by atoms with Crippen LogP contribution in [-0.2, 0) is 4.74 Å². The molecule has 3 rings (SSSR count). The van der Waals surface area contributed by atoms with E-state index in [9.17, 15) is 4.79 Å². The Morgan fingerprint density at radius 3 is 2.87 bits per heavy atom. The molecule has 2 atom stereocenters. The molecule has 124 valence electrons. The van der Waals surface area contributed by atoms with Crippen molar-refractivity contribution in [3.8, 4) is 0 Å². The lowest BCUT2D eigenvalue weighted by Gasteiger charge is -2.27. The van der Waals surface area contributed by atoms with Crippen LogP contribution in [0.15, 0.2) is 27.1 Å².